The molecule has 1 fully saturated rings. The Bertz CT molecular complexity index is 65.0. The summed E-state index contributed by atoms with van der Waals surface area (Å²) >= 11 is 0. The second kappa shape index (κ2) is 3.78. The molecule has 0 bridgehead atoms. The van der Waals surface area contributed by atoms with Gasteiger partial charge in [0.1, 0.15) is 0 Å². The molecule has 0 aliphatic carbocycles. The highest BCUT2D eigenvalue weighted by Gasteiger charge is 2.13. The highest BCUT2D eigenvalue weighted by atomic mass is 14.9. The maximum Gasteiger partial charge on any atom is 0.0850 e. The zero-order chi connectivity index (χ0) is 6.53. The van der Waals surface area contributed by atoms with Crippen molar-refractivity contribution in [3.8, 4) is 0 Å². The molecule has 0 aromatic heterocycles. The first-order chi connectivity index (χ1) is 4.43. The van der Waals surface area contributed by atoms with Gasteiger partial charge in [-0.3, -0.25) is 0 Å². The van der Waals surface area contributed by atoms with Crippen molar-refractivity contribution >= 4 is 0 Å². The van der Waals surface area contributed by atoms with Crippen LogP contribution in [0.25, 0.3) is 0 Å². The second-order valence-corrected chi connectivity index (χ2v) is 2.63. The van der Waals surface area contributed by atoms with Gasteiger partial charge in [0.25, 0.3) is 0 Å². The molecule has 0 saturated carbocycles. The van der Waals surface area contributed by atoms with Gasteiger partial charge in [0.15, 0.2) is 0 Å². The van der Waals surface area contributed by atoms with Gasteiger partial charge in [0.05, 0.1) is 13.3 Å². The van der Waals surface area contributed by atoms with Crippen molar-refractivity contribution in [1.82, 2.24) is 5.32 Å². The predicted octanol–water partition coefficient (Wildman–Crippen LogP) is 1.56. The molecule has 1 saturated heterocycles. The van der Waals surface area contributed by atoms with E-state index < -0.39 is 0 Å². The molecule has 1 heterocycles. The summed E-state index contributed by atoms with van der Waals surface area (Å²) in [5.41, 5.74) is 0. The third-order valence-corrected chi connectivity index (χ3v) is 1.81. The Morgan fingerprint density at radius 2 is 2.44 bits per heavy atom. The molecule has 0 aromatic rings. The van der Waals surface area contributed by atoms with Gasteiger partial charge in [0, 0.05) is 6.54 Å². The van der Waals surface area contributed by atoms with Crippen LogP contribution in [0.5, 0.6) is 0 Å². The minimum Gasteiger partial charge on any atom is -0.316 e. The van der Waals surface area contributed by atoms with Crippen molar-refractivity contribution in [2.75, 3.05) is 13.1 Å². The fraction of sp³-hybridized carbons (Fsp3) is 0.750. The van der Waals surface area contributed by atoms with Crippen LogP contribution in [-0.2, 0) is 0 Å². The molecule has 51 valence electrons. The van der Waals surface area contributed by atoms with Crippen LogP contribution in [0.4, 0.5) is 0 Å². The topological polar surface area (TPSA) is 12.0 Å². The van der Waals surface area contributed by atoms with E-state index in [1.165, 1.54) is 32.4 Å². The lowest BCUT2D eigenvalue weighted by atomic mass is 10.0. The summed E-state index contributed by atoms with van der Waals surface area (Å²) in [5, 5.41) is 3.32. The molecule has 1 nitrogen and oxygen atoms in total. The molecular weight excluding hydrogens is 110 g/mol. The highest BCUT2D eigenvalue weighted by Crippen LogP contribution is 2.16. The normalized spacial score (nSPS) is 20.9. The smallest absolute Gasteiger partial charge is 0.0850 e. The van der Waals surface area contributed by atoms with E-state index in [1.54, 1.807) is 5.92 Å². The molecule has 1 radical (unpaired) electrons. The summed E-state index contributed by atoms with van der Waals surface area (Å²) < 4.78 is 0. The summed E-state index contributed by atoms with van der Waals surface area (Å²) in [6.07, 6.45) is 4.97. The van der Waals surface area contributed by atoms with Gasteiger partial charge in [-0.05, 0) is 31.7 Å². The van der Waals surface area contributed by atoms with E-state index in [-0.39, 0.29) is 0 Å². The van der Waals surface area contributed by atoms with E-state index in [4.69, 9.17) is 0 Å². The van der Waals surface area contributed by atoms with Crippen LogP contribution in [0.3, 0.4) is 0 Å². The van der Waals surface area contributed by atoms with E-state index in [1.807, 2.05) is 0 Å². The molecule has 0 amide bonds. The molecule has 1 rings (SSSR count). The number of rotatable bonds is 3. The molecule has 1 N–H and O–H groups in total. The average Bonchev–Trinajstić information content (AvgIpc) is 2.34. The Labute approximate surface area is 57.8 Å². The summed E-state index contributed by atoms with van der Waals surface area (Å²) in [4.78, 5) is 0. The van der Waals surface area contributed by atoms with Crippen molar-refractivity contribution in [2.24, 2.45) is 0 Å². The fourth-order valence-corrected chi connectivity index (χ4v) is 1.21. The van der Waals surface area contributed by atoms with Crippen LogP contribution in [0.2, 0.25) is 0 Å². The highest BCUT2D eigenvalue weighted by molar-refractivity contribution is 4.97. The minimum absolute atomic E-state index is 1.09. The SMILES string of the molecule is [CH2+]CCC[C]1CCNC1. The number of unbranched alkanes of at least 4 members (excludes halogenated alkanes) is 1. The third-order valence-electron chi connectivity index (χ3n) is 1.81. The Hall–Kier alpha value is -0.170. The van der Waals surface area contributed by atoms with Gasteiger partial charge < -0.3 is 5.32 Å². The number of nitrogens with one attached hydrogen (secondary N) is 1. The zero-order valence-electron chi connectivity index (χ0n) is 5.95. The van der Waals surface area contributed by atoms with E-state index in [0.717, 1.165) is 6.42 Å². The number of hydrogen-bond acceptors (Lipinski definition) is 1. The third kappa shape index (κ3) is 2.27. The van der Waals surface area contributed by atoms with Crippen molar-refractivity contribution in [1.29, 1.82) is 0 Å². The second-order valence-electron chi connectivity index (χ2n) is 2.63. The quantitative estimate of drug-likeness (QED) is 0.564. The van der Waals surface area contributed by atoms with Gasteiger partial charge in [-0.15, -0.1) is 0 Å². The van der Waals surface area contributed by atoms with E-state index in [2.05, 4.69) is 12.2 Å². The monoisotopic (exact) mass is 125 g/mol. The number of hydrogen-bond donors (Lipinski definition) is 1. The summed E-state index contributed by atoms with van der Waals surface area (Å²) in [6.45, 7) is 6.18. The van der Waals surface area contributed by atoms with Crippen molar-refractivity contribution in [3.63, 3.8) is 0 Å². The first kappa shape index (κ1) is 6.94. The zero-order valence-corrected chi connectivity index (χ0v) is 5.95. The molecule has 9 heavy (non-hydrogen) atoms. The molecule has 1 aliphatic heterocycles. The lowest BCUT2D eigenvalue weighted by Gasteiger charge is -2.02. The Morgan fingerprint density at radius 1 is 1.56 bits per heavy atom. The molecule has 1 heteroatoms. The van der Waals surface area contributed by atoms with Crippen LogP contribution in [0.1, 0.15) is 25.7 Å². The lowest BCUT2D eigenvalue weighted by molar-refractivity contribution is 0.725. The van der Waals surface area contributed by atoms with Gasteiger partial charge in [-0.2, -0.15) is 0 Å². The van der Waals surface area contributed by atoms with Crippen LogP contribution >= 0.6 is 0 Å². The van der Waals surface area contributed by atoms with E-state index in [9.17, 15) is 0 Å². The molecule has 0 aromatic carbocycles. The minimum atomic E-state index is 1.09. The maximum atomic E-state index is 3.81. The van der Waals surface area contributed by atoms with Crippen molar-refractivity contribution in [2.45, 2.75) is 25.7 Å². The Kier molecular flexibility index (Phi) is 2.92. The molecule has 1 aliphatic rings. The standard InChI is InChI=1S/C8H15N/c1-2-3-4-8-5-6-9-7-8/h9H,1-7H2/q+1. The first-order valence-electron chi connectivity index (χ1n) is 3.77. The molecule has 0 unspecified atom stereocenters. The molecule has 0 spiro atoms. The summed E-state index contributed by atoms with van der Waals surface area (Å²) in [7, 11) is 0. The van der Waals surface area contributed by atoms with Crippen LogP contribution in [0.15, 0.2) is 0 Å². The predicted molar refractivity (Wildman–Crippen MR) is 39.9 cm³/mol. The van der Waals surface area contributed by atoms with Gasteiger partial charge in [-0.1, -0.05) is 0 Å². The van der Waals surface area contributed by atoms with E-state index in [0.29, 0.717) is 0 Å². The van der Waals surface area contributed by atoms with Gasteiger partial charge >= 0.3 is 0 Å². The first-order valence-corrected chi connectivity index (χ1v) is 3.77. The van der Waals surface area contributed by atoms with E-state index >= 15 is 0 Å². The van der Waals surface area contributed by atoms with Gasteiger partial charge in [-0.25, -0.2) is 0 Å². The Balaban J connectivity index is 1.98. The molecule has 0 atom stereocenters. The maximum absolute atomic E-state index is 3.81. The lowest BCUT2D eigenvalue weighted by Crippen LogP contribution is -2.07. The van der Waals surface area contributed by atoms with Gasteiger partial charge in [0.2, 0.25) is 0 Å². The largest absolute Gasteiger partial charge is 0.316 e. The molecular formula is C8H15N+. The fourth-order valence-electron chi connectivity index (χ4n) is 1.21. The van der Waals surface area contributed by atoms with Crippen LogP contribution in [-0.4, -0.2) is 13.1 Å². The average molecular weight is 125 g/mol. The summed E-state index contributed by atoms with van der Waals surface area (Å²) in [5.74, 6) is 1.69. The van der Waals surface area contributed by atoms with Crippen molar-refractivity contribution < 1.29 is 0 Å². The summed E-state index contributed by atoms with van der Waals surface area (Å²) in [6, 6.07) is 0. The van der Waals surface area contributed by atoms with Crippen molar-refractivity contribution in [3.05, 3.63) is 12.8 Å². The van der Waals surface area contributed by atoms with Crippen LogP contribution < -0.4 is 5.32 Å². The Morgan fingerprint density at radius 3 is 3.00 bits per heavy atom. The van der Waals surface area contributed by atoms with Crippen LogP contribution in [0, 0.1) is 12.8 Å².